The van der Waals surface area contributed by atoms with E-state index in [9.17, 15) is 29.4 Å². The molecule has 3 aliphatic heterocycles. The first-order valence-electron chi connectivity index (χ1n) is 22.6. The lowest BCUT2D eigenvalue weighted by Gasteiger charge is -2.47. The van der Waals surface area contributed by atoms with Crippen molar-refractivity contribution < 1.29 is 53.1 Å². The number of ether oxygens (including phenoxy) is 5. The Labute approximate surface area is 362 Å². The number of hydrogen-bond acceptors (Lipinski definition) is 12. The molecule has 2 saturated heterocycles. The molecule has 3 fully saturated rings. The molecule has 1 aliphatic carbocycles. The molecular formula is C48H72N2O11. The van der Waals surface area contributed by atoms with Crippen LogP contribution in [-0.4, -0.2) is 108 Å². The molecule has 13 atom stereocenters. The fourth-order valence-electron chi connectivity index (χ4n) is 10.0. The van der Waals surface area contributed by atoms with Gasteiger partial charge in [-0.2, -0.15) is 0 Å². The third-order valence-corrected chi connectivity index (χ3v) is 13.7. The number of piperidine rings is 1. The molecule has 5 rings (SSSR count). The second-order valence-electron chi connectivity index (χ2n) is 18.5. The van der Waals surface area contributed by atoms with Gasteiger partial charge in [-0.15, -0.1) is 0 Å². The fourth-order valence-corrected chi connectivity index (χ4v) is 10.0. The number of rotatable bonds is 7. The van der Waals surface area contributed by atoms with Crippen LogP contribution in [0.4, 0.5) is 0 Å². The van der Waals surface area contributed by atoms with E-state index in [-0.39, 0.29) is 66.7 Å². The number of fused-ring (bicyclic) bond motifs is 3. The van der Waals surface area contributed by atoms with Crippen LogP contribution in [-0.2, 0) is 38.1 Å². The Hall–Kier alpha value is -3.62. The normalized spacial score (nSPS) is 36.9. The van der Waals surface area contributed by atoms with E-state index in [1.807, 2.05) is 27.7 Å². The third-order valence-electron chi connectivity index (χ3n) is 13.7. The molecule has 0 radical (unpaired) electrons. The van der Waals surface area contributed by atoms with Crippen LogP contribution in [0.1, 0.15) is 119 Å². The molecule has 4 aliphatic rings. The van der Waals surface area contributed by atoms with Crippen molar-refractivity contribution in [2.75, 3.05) is 20.8 Å². The van der Waals surface area contributed by atoms with Crippen LogP contribution >= 0.6 is 0 Å². The predicted molar refractivity (Wildman–Crippen MR) is 230 cm³/mol. The van der Waals surface area contributed by atoms with Crippen molar-refractivity contribution >= 4 is 23.4 Å². The second kappa shape index (κ2) is 21.6. The van der Waals surface area contributed by atoms with Gasteiger partial charge in [0.25, 0.3) is 11.7 Å². The number of cyclic esters (lactones) is 1. The number of aromatic hydroxyl groups is 1. The van der Waals surface area contributed by atoms with Gasteiger partial charge in [-0.25, -0.2) is 4.79 Å². The van der Waals surface area contributed by atoms with E-state index in [1.54, 1.807) is 45.4 Å². The number of ketones is 2. The Morgan fingerprint density at radius 1 is 0.951 bits per heavy atom. The molecule has 13 nitrogen and oxygen atoms in total. The van der Waals surface area contributed by atoms with Crippen LogP contribution in [0.5, 0.6) is 11.5 Å². The number of allylic oxidation sites excluding steroid dienone is 3. The van der Waals surface area contributed by atoms with Crippen LogP contribution in [0.3, 0.4) is 0 Å². The van der Waals surface area contributed by atoms with Crippen LogP contribution in [0.25, 0.3) is 0 Å². The van der Waals surface area contributed by atoms with Crippen molar-refractivity contribution in [1.29, 1.82) is 0 Å². The van der Waals surface area contributed by atoms with E-state index in [4.69, 9.17) is 29.4 Å². The van der Waals surface area contributed by atoms with Crippen molar-refractivity contribution in [3.05, 3.63) is 47.6 Å². The van der Waals surface area contributed by atoms with Gasteiger partial charge in [0, 0.05) is 45.1 Å². The molecule has 2 bridgehead atoms. The number of methoxy groups -OCH3 is 2. The van der Waals surface area contributed by atoms with Gasteiger partial charge in [-0.1, -0.05) is 45.4 Å². The largest absolute Gasteiger partial charge is 0.508 e. The Bertz CT molecular complexity index is 1730. The number of hydrogen-bond donors (Lipinski definition) is 3. The number of nitrogens with zero attached hydrogens (tertiary/aromatic N) is 1. The lowest BCUT2D eigenvalue weighted by atomic mass is 9.81. The van der Waals surface area contributed by atoms with Crippen molar-refractivity contribution in [3.63, 3.8) is 0 Å². The maximum Gasteiger partial charge on any atom is 0.329 e. The van der Waals surface area contributed by atoms with E-state index < -0.39 is 59.8 Å². The minimum atomic E-state index is -2.48. The number of carbonyl (C=O) groups excluding carboxylic acids is 4. The van der Waals surface area contributed by atoms with Gasteiger partial charge >= 0.3 is 5.97 Å². The Kier molecular flexibility index (Phi) is 17.2. The van der Waals surface area contributed by atoms with Crippen LogP contribution in [0.2, 0.25) is 0 Å². The number of amides is 1. The first kappa shape index (κ1) is 48.4. The summed E-state index contributed by atoms with van der Waals surface area (Å²) >= 11 is 0. The molecule has 1 saturated carbocycles. The minimum Gasteiger partial charge on any atom is -0.508 e. The second-order valence-corrected chi connectivity index (χ2v) is 18.5. The lowest BCUT2D eigenvalue weighted by Crippen LogP contribution is -2.64. The van der Waals surface area contributed by atoms with Gasteiger partial charge in [-0.3, -0.25) is 14.4 Å². The Morgan fingerprint density at radius 3 is 2.31 bits per heavy atom. The Morgan fingerprint density at radius 2 is 1.64 bits per heavy atom. The zero-order chi connectivity index (χ0) is 44.6. The maximum atomic E-state index is 14.4. The summed E-state index contributed by atoms with van der Waals surface area (Å²) in [6.07, 6.45) is 7.71. The summed E-state index contributed by atoms with van der Waals surface area (Å²) in [5.74, 6) is -5.56. The highest BCUT2D eigenvalue weighted by Crippen LogP contribution is 2.39. The van der Waals surface area contributed by atoms with Crippen LogP contribution < -0.4 is 10.5 Å². The number of nitrogens with two attached hydrogens (primary N) is 1. The molecule has 13 heteroatoms. The molecule has 1 amide bonds. The smallest absolute Gasteiger partial charge is 0.329 e. The first-order valence-corrected chi connectivity index (χ1v) is 22.6. The predicted octanol–water partition coefficient (Wildman–Crippen LogP) is 6.61. The number of carbonyl (C=O) groups is 4. The monoisotopic (exact) mass is 853 g/mol. The maximum absolute atomic E-state index is 14.4. The Balaban J connectivity index is 1.48. The SMILES string of the molecule is CCC1C=C(C)CC(C)CC(OC)C2OC(O)(C(=O)C(=O)N3CCCCC3C(=O)OC(C(C)=CC3CCC(N)C(Oc4ccc(O)cc4)C3)C(C)CCC1=O)C(C)CC2OC. The highest BCUT2D eigenvalue weighted by atomic mass is 16.7. The van der Waals surface area contributed by atoms with Crippen molar-refractivity contribution in [1.82, 2.24) is 4.90 Å². The highest BCUT2D eigenvalue weighted by Gasteiger charge is 2.56. The van der Waals surface area contributed by atoms with Crippen LogP contribution in [0, 0.1) is 29.6 Å². The number of phenolic OH excluding ortho intramolecular Hbond substituents is 1. The summed E-state index contributed by atoms with van der Waals surface area (Å²) in [5.41, 5.74) is 8.42. The highest BCUT2D eigenvalue weighted by molar-refractivity contribution is 6.39. The molecule has 3 heterocycles. The lowest BCUT2D eigenvalue weighted by molar-refractivity contribution is -0.302. The van der Waals surface area contributed by atoms with Gasteiger partial charge in [0.15, 0.2) is 0 Å². The van der Waals surface area contributed by atoms with Gasteiger partial charge in [0.05, 0.1) is 12.2 Å². The number of phenols is 1. The van der Waals surface area contributed by atoms with Crippen LogP contribution in [0.15, 0.2) is 47.6 Å². The molecule has 13 unspecified atom stereocenters. The van der Waals surface area contributed by atoms with E-state index in [0.717, 1.165) is 24.0 Å². The van der Waals surface area contributed by atoms with Gasteiger partial charge in [-0.05, 0) is 132 Å². The van der Waals surface area contributed by atoms with Gasteiger partial charge in [0.2, 0.25) is 5.79 Å². The summed E-state index contributed by atoms with van der Waals surface area (Å²) < 4.78 is 30.8. The summed E-state index contributed by atoms with van der Waals surface area (Å²) in [6.45, 7) is 11.8. The molecule has 0 aromatic heterocycles. The third kappa shape index (κ3) is 11.9. The average Bonchev–Trinajstić information content (AvgIpc) is 3.24. The minimum absolute atomic E-state index is 0.0578. The van der Waals surface area contributed by atoms with E-state index in [2.05, 4.69) is 19.1 Å². The average molecular weight is 853 g/mol. The molecule has 0 spiro atoms. The first-order chi connectivity index (χ1) is 29.0. The number of aliphatic hydroxyl groups is 1. The number of benzene rings is 1. The zero-order valence-corrected chi connectivity index (χ0v) is 37.7. The summed E-state index contributed by atoms with van der Waals surface area (Å²) in [4.78, 5) is 58.1. The molecule has 1 aromatic rings. The summed E-state index contributed by atoms with van der Waals surface area (Å²) in [6, 6.07) is 5.32. The fraction of sp³-hybridized carbons (Fsp3) is 0.708. The molecule has 340 valence electrons. The molecule has 4 N–H and O–H groups in total. The number of esters is 1. The van der Waals surface area contributed by atoms with Crippen molar-refractivity contribution in [2.45, 2.75) is 167 Å². The van der Waals surface area contributed by atoms with Crippen molar-refractivity contribution in [2.24, 2.45) is 35.3 Å². The zero-order valence-electron chi connectivity index (χ0n) is 37.7. The molecule has 1 aromatic carbocycles. The standard InChI is InChI=1S/C48H72N2O11/c1-9-34-23-28(2)22-29(3)24-41(57-7)44-42(58-8)26-32(6)48(56,61-44)45(53)46(54)50-21-11-10-12-38(50)47(55)60-43(30(4)13-20-39(34)52)31(5)25-33-14-19-37(49)40(27-33)59-36-17-15-35(51)16-18-36/h15-18,23,25,29-30,32-34,37-38,40-44,51,56H,9-14,19-22,24,26-27,49H2,1-8H3. The topological polar surface area (TPSA) is 184 Å². The molecular weight excluding hydrogens is 781 g/mol. The number of Topliss-reactive ketones (excluding diaryl/α,β-unsaturated/α-hetero) is 2. The van der Waals surface area contributed by atoms with Crippen molar-refractivity contribution in [3.8, 4) is 11.5 Å². The molecule has 61 heavy (non-hydrogen) atoms. The van der Waals surface area contributed by atoms with Gasteiger partial charge < -0.3 is 44.5 Å². The quantitative estimate of drug-likeness (QED) is 0.152. The van der Waals surface area contributed by atoms with E-state index in [0.29, 0.717) is 57.1 Å². The van der Waals surface area contributed by atoms with E-state index in [1.165, 1.54) is 4.90 Å². The summed E-state index contributed by atoms with van der Waals surface area (Å²) in [5, 5.41) is 21.8. The van der Waals surface area contributed by atoms with E-state index >= 15 is 0 Å². The van der Waals surface area contributed by atoms with Gasteiger partial charge in [0.1, 0.15) is 41.6 Å². The summed E-state index contributed by atoms with van der Waals surface area (Å²) in [7, 11) is 3.10.